The van der Waals surface area contributed by atoms with Crippen LogP contribution in [0.1, 0.15) is 39.0 Å². The molecule has 0 bridgehead atoms. The Balaban J connectivity index is 1.47. The van der Waals surface area contributed by atoms with Gasteiger partial charge in [-0.25, -0.2) is 4.79 Å². The summed E-state index contributed by atoms with van der Waals surface area (Å²) in [5, 5.41) is 2.74. The van der Waals surface area contributed by atoms with Crippen LogP contribution in [0, 0.1) is 5.92 Å². The van der Waals surface area contributed by atoms with Crippen LogP contribution in [0.3, 0.4) is 0 Å². The number of fused-ring (bicyclic) bond motifs is 1. The first-order valence-electron chi connectivity index (χ1n) is 8.73. The van der Waals surface area contributed by atoms with Gasteiger partial charge in [0.2, 0.25) is 0 Å². The molecule has 1 aromatic carbocycles. The third kappa shape index (κ3) is 4.64. The van der Waals surface area contributed by atoms with Crippen molar-refractivity contribution in [2.75, 3.05) is 13.7 Å². The van der Waals surface area contributed by atoms with Crippen molar-refractivity contribution < 1.29 is 19.1 Å². The third-order valence-electron chi connectivity index (χ3n) is 4.49. The number of methoxy groups -OCH3 is 1. The van der Waals surface area contributed by atoms with Gasteiger partial charge in [-0.3, -0.25) is 4.79 Å². The zero-order valence-electron chi connectivity index (χ0n) is 15.0. The third-order valence-corrected chi connectivity index (χ3v) is 5.71. The van der Waals surface area contributed by atoms with E-state index in [2.05, 4.69) is 12.2 Å². The van der Waals surface area contributed by atoms with Crippen LogP contribution in [0.25, 0.3) is 0 Å². The van der Waals surface area contributed by atoms with E-state index in [-0.39, 0.29) is 12.5 Å². The lowest BCUT2D eigenvalue weighted by Gasteiger charge is -2.16. The van der Waals surface area contributed by atoms with Crippen LogP contribution in [0.15, 0.2) is 30.3 Å². The first kappa shape index (κ1) is 18.5. The van der Waals surface area contributed by atoms with E-state index in [4.69, 9.17) is 9.47 Å². The first-order chi connectivity index (χ1) is 12.5. The average Bonchev–Trinajstić information content (AvgIpc) is 3.07. The van der Waals surface area contributed by atoms with Crippen molar-refractivity contribution in [1.29, 1.82) is 0 Å². The molecule has 0 aliphatic heterocycles. The Morgan fingerprint density at radius 2 is 2.15 bits per heavy atom. The van der Waals surface area contributed by atoms with Crippen molar-refractivity contribution in [3.05, 3.63) is 51.2 Å². The Bertz CT molecular complexity index is 799. The number of carbonyl (C=O) groups excluding carboxylic acids is 2. The van der Waals surface area contributed by atoms with E-state index in [0.29, 0.717) is 17.3 Å². The summed E-state index contributed by atoms with van der Waals surface area (Å²) < 4.78 is 10.3. The van der Waals surface area contributed by atoms with Crippen LogP contribution in [0.2, 0.25) is 0 Å². The monoisotopic (exact) mass is 373 g/mol. The number of amides is 1. The number of benzene rings is 1. The van der Waals surface area contributed by atoms with Crippen molar-refractivity contribution >= 4 is 23.2 Å². The maximum atomic E-state index is 12.2. The molecular formula is C20H23NO4S. The van der Waals surface area contributed by atoms with E-state index < -0.39 is 5.97 Å². The Morgan fingerprint density at radius 1 is 1.31 bits per heavy atom. The van der Waals surface area contributed by atoms with Crippen molar-refractivity contribution in [1.82, 2.24) is 5.32 Å². The zero-order chi connectivity index (χ0) is 18.5. The van der Waals surface area contributed by atoms with Crippen molar-refractivity contribution in [3.8, 4) is 5.75 Å². The number of nitrogens with one attached hydrogen (secondary N) is 1. The highest BCUT2D eigenvalue weighted by molar-refractivity contribution is 7.14. The zero-order valence-corrected chi connectivity index (χ0v) is 15.9. The highest BCUT2D eigenvalue weighted by atomic mass is 32.1. The molecule has 0 saturated heterocycles. The molecule has 1 aliphatic rings. The highest BCUT2D eigenvalue weighted by Crippen LogP contribution is 2.32. The summed E-state index contributed by atoms with van der Waals surface area (Å²) in [6.07, 6.45) is 3.20. The number of hydrogen-bond donors (Lipinski definition) is 1. The highest BCUT2D eigenvalue weighted by Gasteiger charge is 2.21. The number of ether oxygens (including phenoxy) is 2. The lowest BCUT2D eigenvalue weighted by atomic mass is 9.90. The normalized spacial score (nSPS) is 15.8. The van der Waals surface area contributed by atoms with E-state index >= 15 is 0 Å². The van der Waals surface area contributed by atoms with E-state index in [1.54, 1.807) is 7.11 Å². The van der Waals surface area contributed by atoms with Gasteiger partial charge in [0.1, 0.15) is 10.6 Å². The first-order valence-corrected chi connectivity index (χ1v) is 9.55. The van der Waals surface area contributed by atoms with E-state index in [1.807, 2.05) is 30.3 Å². The Labute approximate surface area is 157 Å². The Kier molecular flexibility index (Phi) is 5.93. The van der Waals surface area contributed by atoms with Gasteiger partial charge in [0.15, 0.2) is 6.61 Å². The van der Waals surface area contributed by atoms with Crippen LogP contribution in [-0.2, 0) is 28.9 Å². The average molecular weight is 373 g/mol. The molecule has 1 aromatic heterocycles. The summed E-state index contributed by atoms with van der Waals surface area (Å²) in [4.78, 5) is 26.0. The smallest absolute Gasteiger partial charge is 0.348 e. The van der Waals surface area contributed by atoms with Gasteiger partial charge in [-0.1, -0.05) is 19.1 Å². The minimum absolute atomic E-state index is 0.276. The molecule has 1 amide bonds. The van der Waals surface area contributed by atoms with Crippen molar-refractivity contribution in [2.24, 2.45) is 5.92 Å². The number of hydrogen-bond acceptors (Lipinski definition) is 5. The van der Waals surface area contributed by atoms with Gasteiger partial charge in [-0.15, -0.1) is 11.3 Å². The lowest BCUT2D eigenvalue weighted by molar-refractivity contribution is -0.124. The molecule has 1 heterocycles. The van der Waals surface area contributed by atoms with E-state index in [1.165, 1.54) is 21.8 Å². The van der Waals surface area contributed by atoms with E-state index in [9.17, 15) is 9.59 Å². The fourth-order valence-corrected chi connectivity index (χ4v) is 4.14. The maximum absolute atomic E-state index is 12.2. The Hall–Kier alpha value is -2.34. The van der Waals surface area contributed by atoms with Crippen molar-refractivity contribution in [3.63, 3.8) is 0 Å². The van der Waals surface area contributed by atoms with Crippen LogP contribution in [0.5, 0.6) is 5.75 Å². The topological polar surface area (TPSA) is 64.6 Å². The second-order valence-corrected chi connectivity index (χ2v) is 7.75. The van der Waals surface area contributed by atoms with Crippen LogP contribution in [0.4, 0.5) is 0 Å². The lowest BCUT2D eigenvalue weighted by Crippen LogP contribution is -2.28. The summed E-state index contributed by atoms with van der Waals surface area (Å²) in [5.74, 6) is 0.646. The fourth-order valence-electron chi connectivity index (χ4n) is 3.04. The quantitative estimate of drug-likeness (QED) is 0.789. The summed E-state index contributed by atoms with van der Waals surface area (Å²) >= 11 is 1.49. The minimum Gasteiger partial charge on any atom is -0.497 e. The van der Waals surface area contributed by atoms with Gasteiger partial charge in [0, 0.05) is 11.4 Å². The number of esters is 1. The minimum atomic E-state index is -0.423. The molecule has 2 aromatic rings. The largest absolute Gasteiger partial charge is 0.497 e. The number of aryl methyl sites for hydroxylation is 1. The van der Waals surface area contributed by atoms with Gasteiger partial charge in [0.05, 0.1) is 7.11 Å². The molecule has 0 fully saturated rings. The maximum Gasteiger partial charge on any atom is 0.348 e. The van der Waals surface area contributed by atoms with Crippen LogP contribution < -0.4 is 10.1 Å². The summed E-state index contributed by atoms with van der Waals surface area (Å²) in [7, 11) is 1.60. The molecule has 3 rings (SSSR count). The van der Waals surface area contributed by atoms with Crippen LogP contribution >= 0.6 is 11.3 Å². The molecule has 138 valence electrons. The Morgan fingerprint density at radius 3 is 2.96 bits per heavy atom. The predicted molar refractivity (Wildman–Crippen MR) is 101 cm³/mol. The molecule has 1 aliphatic carbocycles. The summed E-state index contributed by atoms with van der Waals surface area (Å²) in [5.41, 5.74) is 2.17. The predicted octanol–water partition coefficient (Wildman–Crippen LogP) is 3.35. The van der Waals surface area contributed by atoms with Gasteiger partial charge >= 0.3 is 5.97 Å². The molecule has 0 saturated carbocycles. The molecule has 26 heavy (non-hydrogen) atoms. The SMILES string of the molecule is COc1cccc(CNC(=O)COC(=O)c2cc3c(s2)CCC(C)C3)c1. The molecule has 0 radical (unpaired) electrons. The molecule has 0 spiro atoms. The second-order valence-electron chi connectivity index (χ2n) is 6.61. The van der Waals surface area contributed by atoms with Crippen LogP contribution in [-0.4, -0.2) is 25.6 Å². The molecule has 1 N–H and O–H groups in total. The van der Waals surface area contributed by atoms with Gasteiger partial charge < -0.3 is 14.8 Å². The van der Waals surface area contributed by atoms with Crippen molar-refractivity contribution in [2.45, 2.75) is 32.7 Å². The molecular weight excluding hydrogens is 350 g/mol. The van der Waals surface area contributed by atoms with Gasteiger partial charge in [0.25, 0.3) is 5.91 Å². The number of rotatable bonds is 6. The van der Waals surface area contributed by atoms with E-state index in [0.717, 1.165) is 30.6 Å². The summed E-state index contributed by atoms with van der Waals surface area (Å²) in [6.45, 7) is 2.31. The number of carbonyl (C=O) groups is 2. The molecule has 1 atom stereocenters. The number of thiophene rings is 1. The molecule has 6 heteroatoms. The standard InChI is InChI=1S/C20H23NO4S/c1-13-6-7-17-15(8-13)10-18(26-17)20(23)25-12-19(22)21-11-14-4-3-5-16(9-14)24-2/h3-5,9-10,13H,6-8,11-12H2,1-2H3,(H,21,22). The molecule has 1 unspecified atom stereocenters. The van der Waals surface area contributed by atoms with Gasteiger partial charge in [-0.2, -0.15) is 0 Å². The van der Waals surface area contributed by atoms with Gasteiger partial charge in [-0.05, 0) is 54.5 Å². The fraction of sp³-hybridized carbons (Fsp3) is 0.400. The summed E-state index contributed by atoms with van der Waals surface area (Å²) in [6, 6.07) is 9.37. The second kappa shape index (κ2) is 8.36. The molecule has 5 nitrogen and oxygen atoms in total.